The highest BCUT2D eigenvalue weighted by Gasteiger charge is 2.24. The van der Waals surface area contributed by atoms with E-state index in [4.69, 9.17) is 0 Å². The van der Waals surface area contributed by atoms with Crippen LogP contribution < -0.4 is 5.32 Å². The van der Waals surface area contributed by atoms with E-state index in [9.17, 15) is 0 Å². The molecule has 2 heterocycles. The van der Waals surface area contributed by atoms with Crippen molar-refractivity contribution in [1.82, 2.24) is 20.2 Å². The summed E-state index contributed by atoms with van der Waals surface area (Å²) in [5.41, 5.74) is 4.61. The van der Waals surface area contributed by atoms with Gasteiger partial charge in [0.25, 0.3) is 0 Å². The molecule has 120 valence electrons. The van der Waals surface area contributed by atoms with Gasteiger partial charge < -0.3 is 5.32 Å². The maximum atomic E-state index is 4.13. The average Bonchev–Trinajstić information content (AvgIpc) is 3.10. The van der Waals surface area contributed by atoms with Crippen LogP contribution in [0.15, 0.2) is 59.1 Å². The zero-order valence-corrected chi connectivity index (χ0v) is 14.7. The molecule has 0 amide bonds. The molecule has 0 bridgehead atoms. The van der Waals surface area contributed by atoms with Gasteiger partial charge in [0.15, 0.2) is 0 Å². The molecule has 1 N–H and O–H groups in total. The number of hydrogen-bond acceptors (Lipinski definition) is 4. The molecule has 1 aromatic heterocycles. The summed E-state index contributed by atoms with van der Waals surface area (Å²) in [6.45, 7) is 2.16. The zero-order valence-electron chi connectivity index (χ0n) is 13.1. The van der Waals surface area contributed by atoms with Crippen molar-refractivity contribution in [2.24, 2.45) is 0 Å². The van der Waals surface area contributed by atoms with Gasteiger partial charge >= 0.3 is 0 Å². The molecule has 3 aromatic rings. The first-order valence-corrected chi connectivity index (χ1v) is 8.65. The van der Waals surface area contributed by atoms with Crippen LogP contribution in [0.25, 0.3) is 5.70 Å². The zero-order chi connectivity index (χ0) is 16.5. The first kappa shape index (κ1) is 15.1. The van der Waals surface area contributed by atoms with Crippen LogP contribution >= 0.6 is 15.9 Å². The third-order valence-electron chi connectivity index (χ3n) is 4.21. The lowest BCUT2D eigenvalue weighted by atomic mass is 10.0. The average molecular weight is 382 g/mol. The van der Waals surface area contributed by atoms with Crippen LogP contribution in [0.4, 0.5) is 5.95 Å². The molecule has 0 saturated heterocycles. The number of allylic oxidation sites excluding steroid dienone is 1. The van der Waals surface area contributed by atoms with Gasteiger partial charge in [-0.25, -0.2) is 0 Å². The minimum absolute atomic E-state index is 0.0369. The molecule has 24 heavy (non-hydrogen) atoms. The van der Waals surface area contributed by atoms with Gasteiger partial charge in [-0.2, -0.15) is 4.68 Å². The fraction of sp³-hybridized carbons (Fsp3) is 0.167. The lowest BCUT2D eigenvalue weighted by Crippen LogP contribution is -2.20. The summed E-state index contributed by atoms with van der Waals surface area (Å²) in [5.74, 6) is 0.653. The Balaban J connectivity index is 1.76. The number of halogens is 1. The molecule has 2 aromatic carbocycles. The summed E-state index contributed by atoms with van der Waals surface area (Å²) in [7, 11) is 0. The van der Waals surface area contributed by atoms with Crippen LogP contribution in [-0.2, 0) is 6.42 Å². The second-order valence-corrected chi connectivity index (χ2v) is 6.61. The second-order valence-electron chi connectivity index (χ2n) is 5.70. The Labute approximate surface area is 148 Å². The molecular formula is C18H16BrN5. The number of nitrogens with one attached hydrogen (secondary N) is 1. The summed E-state index contributed by atoms with van der Waals surface area (Å²) >= 11 is 3.48. The van der Waals surface area contributed by atoms with Gasteiger partial charge in [-0.15, -0.1) is 0 Å². The molecule has 4 rings (SSSR count). The quantitative estimate of drug-likeness (QED) is 0.743. The van der Waals surface area contributed by atoms with Crippen LogP contribution in [0.5, 0.6) is 0 Å². The van der Waals surface area contributed by atoms with Gasteiger partial charge in [0, 0.05) is 10.2 Å². The standard InChI is InChI=1S/C18H16BrN5/c1-2-12-3-5-13(6-4-12)16-11-17(14-7-9-15(19)10-8-14)24-18(20-16)21-22-23-24/h3-11,17H,2H2,1H3,(H,20,21,23)/t17-/m0/s1. The normalized spacial score (nSPS) is 16.2. The smallest absolute Gasteiger partial charge is 0.248 e. The van der Waals surface area contributed by atoms with Crippen LogP contribution in [0.1, 0.15) is 29.7 Å². The highest BCUT2D eigenvalue weighted by Crippen LogP contribution is 2.32. The monoisotopic (exact) mass is 381 g/mol. The first-order valence-electron chi connectivity index (χ1n) is 7.86. The maximum absolute atomic E-state index is 4.13. The summed E-state index contributed by atoms with van der Waals surface area (Å²) in [6.07, 6.45) is 3.19. The molecule has 1 aliphatic rings. The number of aromatic nitrogens is 4. The number of anilines is 1. The van der Waals surface area contributed by atoms with Gasteiger partial charge in [-0.3, -0.25) is 0 Å². The molecule has 5 nitrogen and oxygen atoms in total. The van der Waals surface area contributed by atoms with E-state index in [2.05, 4.69) is 86.2 Å². The van der Waals surface area contributed by atoms with Crippen molar-refractivity contribution < 1.29 is 0 Å². The van der Waals surface area contributed by atoms with E-state index in [0.29, 0.717) is 5.95 Å². The number of rotatable bonds is 3. The van der Waals surface area contributed by atoms with E-state index in [-0.39, 0.29) is 6.04 Å². The predicted octanol–water partition coefficient (Wildman–Crippen LogP) is 4.05. The Morgan fingerprint density at radius 3 is 2.54 bits per heavy atom. The SMILES string of the molecule is CCc1ccc(C2=C[C@@H](c3ccc(Br)cc3)n3nnnc3N2)cc1. The fourth-order valence-corrected chi connectivity index (χ4v) is 3.10. The molecule has 0 saturated carbocycles. The van der Waals surface area contributed by atoms with Gasteiger partial charge in [0.2, 0.25) is 5.95 Å². The van der Waals surface area contributed by atoms with Gasteiger partial charge in [-0.1, -0.05) is 64.4 Å². The van der Waals surface area contributed by atoms with Crippen molar-refractivity contribution in [3.05, 3.63) is 75.8 Å². The molecule has 0 unspecified atom stereocenters. The lowest BCUT2D eigenvalue weighted by Gasteiger charge is -2.23. The van der Waals surface area contributed by atoms with Crippen molar-refractivity contribution in [2.75, 3.05) is 5.32 Å². The number of nitrogens with zero attached hydrogens (tertiary/aromatic N) is 4. The third-order valence-corrected chi connectivity index (χ3v) is 4.74. The number of fused-ring (bicyclic) bond motifs is 1. The summed E-state index contributed by atoms with van der Waals surface area (Å²) < 4.78 is 2.85. The highest BCUT2D eigenvalue weighted by molar-refractivity contribution is 9.10. The molecule has 0 aliphatic carbocycles. The minimum atomic E-state index is -0.0369. The van der Waals surface area contributed by atoms with Gasteiger partial charge in [0.1, 0.15) is 6.04 Å². The van der Waals surface area contributed by atoms with E-state index >= 15 is 0 Å². The topological polar surface area (TPSA) is 55.6 Å². The van der Waals surface area contributed by atoms with Gasteiger partial charge in [-0.05, 0) is 51.7 Å². The van der Waals surface area contributed by atoms with Crippen LogP contribution in [0, 0.1) is 0 Å². The van der Waals surface area contributed by atoms with E-state index in [1.165, 1.54) is 5.56 Å². The lowest BCUT2D eigenvalue weighted by molar-refractivity contribution is 0.586. The number of aryl methyl sites for hydroxylation is 1. The third kappa shape index (κ3) is 2.73. The number of hydrogen-bond donors (Lipinski definition) is 1. The van der Waals surface area contributed by atoms with Crippen molar-refractivity contribution in [3.63, 3.8) is 0 Å². The Morgan fingerprint density at radius 1 is 1.08 bits per heavy atom. The number of tetrazole rings is 1. The van der Waals surface area contributed by atoms with E-state index in [0.717, 1.165) is 27.7 Å². The second kappa shape index (κ2) is 6.20. The summed E-state index contributed by atoms with van der Waals surface area (Å²) in [6, 6.07) is 16.8. The van der Waals surface area contributed by atoms with E-state index in [1.807, 2.05) is 12.1 Å². The minimum Gasteiger partial charge on any atom is -0.323 e. The Hall–Kier alpha value is -2.47. The molecular weight excluding hydrogens is 366 g/mol. The molecule has 0 fully saturated rings. The summed E-state index contributed by atoms with van der Waals surface area (Å²) in [4.78, 5) is 0. The highest BCUT2D eigenvalue weighted by atomic mass is 79.9. The maximum Gasteiger partial charge on any atom is 0.248 e. The molecule has 0 spiro atoms. The van der Waals surface area contributed by atoms with Crippen LogP contribution in [0.3, 0.4) is 0 Å². The molecule has 0 radical (unpaired) electrons. The fourth-order valence-electron chi connectivity index (χ4n) is 2.84. The van der Waals surface area contributed by atoms with Crippen molar-refractivity contribution in [1.29, 1.82) is 0 Å². The van der Waals surface area contributed by atoms with Crippen LogP contribution in [0.2, 0.25) is 0 Å². The summed E-state index contributed by atoms with van der Waals surface area (Å²) in [5, 5.41) is 15.4. The largest absolute Gasteiger partial charge is 0.323 e. The van der Waals surface area contributed by atoms with E-state index in [1.54, 1.807) is 4.68 Å². The van der Waals surface area contributed by atoms with Gasteiger partial charge in [0.05, 0.1) is 0 Å². The van der Waals surface area contributed by atoms with Crippen molar-refractivity contribution >= 4 is 27.6 Å². The Morgan fingerprint density at radius 2 is 1.83 bits per heavy atom. The predicted molar refractivity (Wildman–Crippen MR) is 97.5 cm³/mol. The molecule has 6 heteroatoms. The molecule has 1 aliphatic heterocycles. The van der Waals surface area contributed by atoms with E-state index < -0.39 is 0 Å². The Kier molecular flexibility index (Phi) is 3.90. The number of benzene rings is 2. The van der Waals surface area contributed by atoms with Crippen LogP contribution in [-0.4, -0.2) is 20.2 Å². The van der Waals surface area contributed by atoms with Crippen molar-refractivity contribution in [2.45, 2.75) is 19.4 Å². The molecule has 1 atom stereocenters. The first-order chi connectivity index (χ1) is 11.7. The van der Waals surface area contributed by atoms with Crippen molar-refractivity contribution in [3.8, 4) is 0 Å². The Bertz CT molecular complexity index is 881.